The number of anilines is 1. The summed E-state index contributed by atoms with van der Waals surface area (Å²) in [5.74, 6) is 0.801. The Morgan fingerprint density at radius 3 is 3.21 bits per heavy atom. The molecule has 0 unspecified atom stereocenters. The molecule has 0 aliphatic rings. The third kappa shape index (κ3) is 2.50. The van der Waals surface area contributed by atoms with Crippen LogP contribution in [0.4, 0.5) is 5.82 Å². The molecule has 0 aliphatic carbocycles. The number of halogens is 1. The second-order valence-electron chi connectivity index (χ2n) is 4.15. The van der Waals surface area contributed by atoms with E-state index >= 15 is 0 Å². The molecule has 4 nitrogen and oxygen atoms in total. The van der Waals surface area contributed by atoms with Gasteiger partial charge >= 0.3 is 0 Å². The van der Waals surface area contributed by atoms with Gasteiger partial charge in [-0.05, 0) is 39.4 Å². The van der Waals surface area contributed by atoms with E-state index in [-0.39, 0.29) is 0 Å². The van der Waals surface area contributed by atoms with E-state index in [1.54, 1.807) is 17.5 Å². The van der Waals surface area contributed by atoms with Crippen molar-refractivity contribution in [3.63, 3.8) is 0 Å². The number of nitrogens with one attached hydrogen (secondary N) is 1. The highest BCUT2D eigenvalue weighted by molar-refractivity contribution is 9.10. The smallest absolute Gasteiger partial charge is 0.180 e. The topological polar surface area (TPSA) is 42.2 Å². The molecular formula is C13H13BrN4S. The molecular weight excluding hydrogens is 324 g/mol. The number of rotatable bonds is 4. The van der Waals surface area contributed by atoms with E-state index < -0.39 is 0 Å². The fourth-order valence-electron chi connectivity index (χ4n) is 2.02. The largest absolute Gasteiger partial charge is 0.362 e. The lowest BCUT2D eigenvalue weighted by Gasteiger charge is -2.07. The number of fused-ring (bicyclic) bond motifs is 1. The van der Waals surface area contributed by atoms with Gasteiger partial charge in [0.25, 0.3) is 0 Å². The minimum absolute atomic E-state index is 0.785. The zero-order valence-corrected chi connectivity index (χ0v) is 12.8. The predicted octanol–water partition coefficient (Wildman–Crippen LogP) is 3.73. The van der Waals surface area contributed by atoms with Gasteiger partial charge in [-0.1, -0.05) is 6.92 Å². The van der Waals surface area contributed by atoms with Gasteiger partial charge in [-0.3, -0.25) is 0 Å². The van der Waals surface area contributed by atoms with Crippen LogP contribution in [0, 0.1) is 0 Å². The van der Waals surface area contributed by atoms with Crippen molar-refractivity contribution in [1.29, 1.82) is 0 Å². The van der Waals surface area contributed by atoms with Gasteiger partial charge in [-0.2, -0.15) is 0 Å². The molecule has 0 atom stereocenters. The molecule has 0 spiro atoms. The minimum Gasteiger partial charge on any atom is -0.362 e. The summed E-state index contributed by atoms with van der Waals surface area (Å²) in [5.41, 5.74) is 2.24. The second kappa shape index (κ2) is 5.30. The number of hydrogen-bond donors (Lipinski definition) is 1. The summed E-state index contributed by atoms with van der Waals surface area (Å²) >= 11 is 5.19. The van der Waals surface area contributed by atoms with Crippen molar-refractivity contribution < 1.29 is 0 Å². The summed E-state index contributed by atoms with van der Waals surface area (Å²) in [6.45, 7) is 2.96. The van der Waals surface area contributed by atoms with Crippen LogP contribution >= 0.6 is 27.3 Å². The quantitative estimate of drug-likeness (QED) is 0.789. The Kier molecular flexibility index (Phi) is 3.52. The Hall–Kier alpha value is -1.40. The lowest BCUT2D eigenvalue weighted by atomic mass is 10.2. The number of hydrogen-bond acceptors (Lipinski definition) is 4. The summed E-state index contributed by atoms with van der Waals surface area (Å²) in [4.78, 5) is 10.1. The zero-order valence-electron chi connectivity index (χ0n) is 10.4. The van der Waals surface area contributed by atoms with Crippen molar-refractivity contribution in [2.45, 2.75) is 19.9 Å². The number of aryl methyl sites for hydroxylation is 1. The maximum absolute atomic E-state index is 4.46. The van der Waals surface area contributed by atoms with E-state index in [9.17, 15) is 0 Å². The molecule has 0 saturated carbocycles. The molecule has 19 heavy (non-hydrogen) atoms. The van der Waals surface area contributed by atoms with Crippen LogP contribution in [-0.2, 0) is 13.0 Å². The normalized spacial score (nSPS) is 11.1. The van der Waals surface area contributed by atoms with Gasteiger partial charge in [0.05, 0.1) is 6.54 Å². The fraction of sp³-hybridized carbons (Fsp3) is 0.231. The Bertz CT molecular complexity index is 704. The molecule has 0 bridgehead atoms. The number of nitrogens with zero attached hydrogens (tertiary/aromatic N) is 3. The van der Waals surface area contributed by atoms with Crippen molar-refractivity contribution in [2.24, 2.45) is 0 Å². The van der Waals surface area contributed by atoms with Gasteiger partial charge in [0.1, 0.15) is 4.60 Å². The number of imidazole rings is 1. The van der Waals surface area contributed by atoms with Gasteiger partial charge in [-0.25, -0.2) is 9.97 Å². The lowest BCUT2D eigenvalue weighted by molar-refractivity contribution is 1.04. The van der Waals surface area contributed by atoms with Crippen LogP contribution in [0.5, 0.6) is 0 Å². The third-order valence-corrected chi connectivity index (χ3v) is 4.32. The first-order chi connectivity index (χ1) is 9.28. The molecule has 98 valence electrons. The minimum atomic E-state index is 0.785. The first-order valence-electron chi connectivity index (χ1n) is 6.06. The van der Waals surface area contributed by atoms with Crippen LogP contribution in [0.3, 0.4) is 0 Å². The van der Waals surface area contributed by atoms with Crippen LogP contribution < -0.4 is 5.32 Å². The molecule has 0 radical (unpaired) electrons. The lowest BCUT2D eigenvalue weighted by Crippen LogP contribution is -2.04. The van der Waals surface area contributed by atoms with Crippen LogP contribution in [0.15, 0.2) is 34.6 Å². The first kappa shape index (κ1) is 12.6. The summed E-state index contributed by atoms with van der Waals surface area (Å²) in [6, 6.07) is 2.18. The van der Waals surface area contributed by atoms with E-state index in [0.29, 0.717) is 0 Å². The van der Waals surface area contributed by atoms with Crippen molar-refractivity contribution in [1.82, 2.24) is 14.4 Å². The van der Waals surface area contributed by atoms with Crippen molar-refractivity contribution in [2.75, 3.05) is 5.32 Å². The SMILES string of the molecule is CCc1ccsc1CNc1nc(Br)cn2ccnc12. The average molecular weight is 337 g/mol. The molecule has 0 amide bonds. The van der Waals surface area contributed by atoms with Crippen molar-refractivity contribution >= 4 is 38.7 Å². The summed E-state index contributed by atoms with van der Waals surface area (Å²) in [6.07, 6.45) is 6.65. The number of thiophene rings is 1. The predicted molar refractivity (Wildman–Crippen MR) is 81.7 cm³/mol. The molecule has 0 fully saturated rings. The Morgan fingerprint density at radius 1 is 1.47 bits per heavy atom. The molecule has 0 aromatic carbocycles. The van der Waals surface area contributed by atoms with E-state index in [2.05, 4.69) is 49.6 Å². The molecule has 0 saturated heterocycles. The molecule has 3 aromatic heterocycles. The summed E-state index contributed by atoms with van der Waals surface area (Å²) in [5, 5.41) is 5.51. The highest BCUT2D eigenvalue weighted by Gasteiger charge is 2.08. The van der Waals surface area contributed by atoms with Gasteiger partial charge in [0, 0.05) is 23.5 Å². The Labute approximate surface area is 123 Å². The van der Waals surface area contributed by atoms with Crippen molar-refractivity contribution in [3.05, 3.63) is 45.1 Å². The molecule has 3 heterocycles. The van der Waals surface area contributed by atoms with Crippen LogP contribution in [0.25, 0.3) is 5.65 Å². The summed E-state index contributed by atoms with van der Waals surface area (Å²) < 4.78 is 2.75. The molecule has 0 aliphatic heterocycles. The maximum Gasteiger partial charge on any atom is 0.180 e. The van der Waals surface area contributed by atoms with Gasteiger partial charge in [-0.15, -0.1) is 11.3 Å². The highest BCUT2D eigenvalue weighted by Crippen LogP contribution is 2.21. The number of aromatic nitrogens is 3. The highest BCUT2D eigenvalue weighted by atomic mass is 79.9. The maximum atomic E-state index is 4.46. The van der Waals surface area contributed by atoms with Crippen LogP contribution in [0.1, 0.15) is 17.4 Å². The molecule has 6 heteroatoms. The molecule has 3 rings (SSSR count). The molecule has 3 aromatic rings. The Morgan fingerprint density at radius 2 is 2.37 bits per heavy atom. The summed E-state index contributed by atoms with van der Waals surface area (Å²) in [7, 11) is 0. The Balaban J connectivity index is 1.87. The van der Waals surface area contributed by atoms with Gasteiger partial charge in [0.2, 0.25) is 0 Å². The van der Waals surface area contributed by atoms with E-state index in [4.69, 9.17) is 0 Å². The monoisotopic (exact) mass is 336 g/mol. The zero-order chi connectivity index (χ0) is 13.2. The molecule has 1 N–H and O–H groups in total. The van der Waals surface area contributed by atoms with E-state index in [1.807, 2.05) is 16.8 Å². The van der Waals surface area contributed by atoms with E-state index in [1.165, 1.54) is 10.4 Å². The average Bonchev–Trinajstić information content (AvgIpc) is 3.03. The fourth-order valence-corrected chi connectivity index (χ4v) is 3.33. The van der Waals surface area contributed by atoms with Crippen molar-refractivity contribution in [3.8, 4) is 0 Å². The second-order valence-corrected chi connectivity index (χ2v) is 5.96. The first-order valence-corrected chi connectivity index (χ1v) is 7.73. The standard InChI is InChI=1S/C13H13BrN4S/c1-2-9-3-6-19-10(9)7-16-12-13-15-4-5-18(13)8-11(14)17-12/h3-6,8H,2,7H2,1H3,(H,16,17). The van der Waals surface area contributed by atoms with Crippen LogP contribution in [0.2, 0.25) is 0 Å². The van der Waals surface area contributed by atoms with Gasteiger partial charge < -0.3 is 9.72 Å². The van der Waals surface area contributed by atoms with E-state index in [0.717, 1.165) is 29.0 Å². The van der Waals surface area contributed by atoms with Crippen LogP contribution in [-0.4, -0.2) is 14.4 Å². The van der Waals surface area contributed by atoms with Gasteiger partial charge in [0.15, 0.2) is 11.5 Å². The third-order valence-electron chi connectivity index (χ3n) is 2.98.